The van der Waals surface area contributed by atoms with Gasteiger partial charge in [-0.3, -0.25) is 24.0 Å². The van der Waals surface area contributed by atoms with E-state index in [2.05, 4.69) is 34.0 Å². The van der Waals surface area contributed by atoms with Crippen LogP contribution < -0.4 is 16.6 Å². The van der Waals surface area contributed by atoms with Crippen LogP contribution in [0.1, 0.15) is 50.4 Å². The van der Waals surface area contributed by atoms with Crippen molar-refractivity contribution >= 4 is 16.9 Å². The van der Waals surface area contributed by atoms with Crippen molar-refractivity contribution in [2.24, 2.45) is 5.92 Å². The molecule has 3 rings (SSSR count). The molecule has 2 aromatic heterocycles. The van der Waals surface area contributed by atoms with Crippen molar-refractivity contribution in [1.29, 1.82) is 0 Å². The molecule has 28 heavy (non-hydrogen) atoms. The van der Waals surface area contributed by atoms with Crippen LogP contribution in [0.15, 0.2) is 21.9 Å². The third-order valence-corrected chi connectivity index (χ3v) is 5.41. The minimum absolute atomic E-state index is 0.248. The molecule has 0 aliphatic carbocycles. The summed E-state index contributed by atoms with van der Waals surface area (Å²) in [5.41, 5.74) is -0.374. The number of H-pyrrole nitrogens is 1. The molecule has 2 aromatic rings. The van der Waals surface area contributed by atoms with Crippen molar-refractivity contribution in [3.63, 3.8) is 0 Å². The van der Waals surface area contributed by atoms with E-state index in [0.29, 0.717) is 30.2 Å². The molecular formula is C20H29N5O3. The Morgan fingerprint density at radius 2 is 2.21 bits per heavy atom. The standard InChI is InChI=1S/C20H29N5O3/c1-4-7-25-17-16(19(27)23-20(25)28)9-15(11-21-17)18(26)22-10-14(3)24-8-5-6-13(2)12-24/h9,11,13-14H,4-8,10,12H2,1-3H3,(H,22,26)(H,23,27,28). The molecule has 0 aromatic carbocycles. The highest BCUT2D eigenvalue weighted by Crippen LogP contribution is 2.17. The monoisotopic (exact) mass is 387 g/mol. The van der Waals surface area contributed by atoms with Crippen LogP contribution in [0.2, 0.25) is 0 Å². The largest absolute Gasteiger partial charge is 0.350 e. The van der Waals surface area contributed by atoms with E-state index in [1.807, 2.05) is 6.92 Å². The van der Waals surface area contributed by atoms with Gasteiger partial charge in [0, 0.05) is 31.9 Å². The molecule has 1 aliphatic rings. The molecule has 0 saturated carbocycles. The van der Waals surface area contributed by atoms with Crippen molar-refractivity contribution in [3.8, 4) is 0 Å². The SMILES string of the molecule is CCCn1c(=O)[nH]c(=O)c2cc(C(=O)NCC(C)N3CCCC(C)C3)cnc21. The van der Waals surface area contributed by atoms with Crippen LogP contribution in [0.4, 0.5) is 0 Å². The van der Waals surface area contributed by atoms with Gasteiger partial charge in [-0.25, -0.2) is 9.78 Å². The number of hydrogen-bond donors (Lipinski definition) is 2. The summed E-state index contributed by atoms with van der Waals surface area (Å²) in [5, 5.41) is 3.19. The number of aryl methyl sites for hydroxylation is 1. The third kappa shape index (κ3) is 4.32. The van der Waals surface area contributed by atoms with Crippen molar-refractivity contribution in [2.45, 2.75) is 52.6 Å². The molecule has 152 valence electrons. The average Bonchev–Trinajstić information content (AvgIpc) is 2.68. The van der Waals surface area contributed by atoms with Gasteiger partial charge >= 0.3 is 5.69 Å². The van der Waals surface area contributed by atoms with Crippen molar-refractivity contribution in [3.05, 3.63) is 38.7 Å². The Bertz CT molecular complexity index is 964. The highest BCUT2D eigenvalue weighted by molar-refractivity contribution is 5.96. The minimum atomic E-state index is -0.523. The normalized spacial score (nSPS) is 18.9. The van der Waals surface area contributed by atoms with E-state index in [-0.39, 0.29) is 17.3 Å². The first-order chi connectivity index (χ1) is 13.4. The van der Waals surface area contributed by atoms with Gasteiger partial charge in [-0.2, -0.15) is 0 Å². The molecule has 2 unspecified atom stereocenters. The molecule has 0 radical (unpaired) electrons. The van der Waals surface area contributed by atoms with Gasteiger partial charge in [0.05, 0.1) is 10.9 Å². The first-order valence-electron chi connectivity index (χ1n) is 10.1. The third-order valence-electron chi connectivity index (χ3n) is 5.41. The van der Waals surface area contributed by atoms with Gasteiger partial charge in [-0.1, -0.05) is 13.8 Å². The van der Waals surface area contributed by atoms with Crippen molar-refractivity contribution < 1.29 is 4.79 Å². The second-order valence-electron chi connectivity index (χ2n) is 7.81. The maximum Gasteiger partial charge on any atom is 0.329 e. The fourth-order valence-electron chi connectivity index (χ4n) is 3.82. The summed E-state index contributed by atoms with van der Waals surface area (Å²) in [7, 11) is 0. The first kappa shape index (κ1) is 20.3. The van der Waals surface area contributed by atoms with E-state index in [1.165, 1.54) is 29.7 Å². The zero-order chi connectivity index (χ0) is 20.3. The molecule has 8 nitrogen and oxygen atoms in total. The van der Waals surface area contributed by atoms with Crippen LogP contribution in [0.3, 0.4) is 0 Å². The Balaban J connectivity index is 1.75. The van der Waals surface area contributed by atoms with E-state index >= 15 is 0 Å². The molecule has 2 N–H and O–H groups in total. The molecule has 1 aliphatic heterocycles. The van der Waals surface area contributed by atoms with E-state index in [0.717, 1.165) is 19.5 Å². The summed E-state index contributed by atoms with van der Waals surface area (Å²) in [6.45, 7) is 9.42. The van der Waals surface area contributed by atoms with Gasteiger partial charge in [0.15, 0.2) is 0 Å². The van der Waals surface area contributed by atoms with E-state index < -0.39 is 11.2 Å². The van der Waals surface area contributed by atoms with E-state index in [4.69, 9.17) is 0 Å². The van der Waals surface area contributed by atoms with Crippen LogP contribution in [0, 0.1) is 5.92 Å². The summed E-state index contributed by atoms with van der Waals surface area (Å²) < 4.78 is 1.43. The van der Waals surface area contributed by atoms with Crippen LogP contribution >= 0.6 is 0 Å². The summed E-state index contributed by atoms with van der Waals surface area (Å²) >= 11 is 0. The number of rotatable bonds is 6. The molecule has 1 amide bonds. The predicted molar refractivity (Wildman–Crippen MR) is 109 cm³/mol. The van der Waals surface area contributed by atoms with Crippen molar-refractivity contribution in [1.82, 2.24) is 24.8 Å². The molecule has 8 heteroatoms. The van der Waals surface area contributed by atoms with Crippen LogP contribution in [-0.2, 0) is 6.54 Å². The molecule has 1 fully saturated rings. The molecule has 3 heterocycles. The number of aromatic amines is 1. The maximum atomic E-state index is 12.6. The van der Waals surface area contributed by atoms with Crippen molar-refractivity contribution in [2.75, 3.05) is 19.6 Å². The first-order valence-corrected chi connectivity index (χ1v) is 10.1. The lowest BCUT2D eigenvalue weighted by Crippen LogP contribution is -2.46. The summed E-state index contributed by atoms with van der Waals surface area (Å²) in [6.07, 6.45) is 4.61. The number of carbonyl (C=O) groups excluding carboxylic acids is 1. The summed E-state index contributed by atoms with van der Waals surface area (Å²) in [6, 6.07) is 1.76. The summed E-state index contributed by atoms with van der Waals surface area (Å²) in [4.78, 5) is 45.7. The van der Waals surface area contributed by atoms with E-state index in [1.54, 1.807) is 0 Å². The number of amides is 1. The van der Waals surface area contributed by atoms with E-state index in [9.17, 15) is 14.4 Å². The maximum absolute atomic E-state index is 12.6. The van der Waals surface area contributed by atoms with Crippen LogP contribution in [-0.4, -0.2) is 51.0 Å². The molecule has 1 saturated heterocycles. The lowest BCUT2D eigenvalue weighted by molar-refractivity contribution is 0.0917. The predicted octanol–water partition coefficient (Wildman–Crippen LogP) is 1.34. The lowest BCUT2D eigenvalue weighted by Gasteiger charge is -2.35. The number of carbonyl (C=O) groups is 1. The van der Waals surface area contributed by atoms with Crippen LogP contribution in [0.5, 0.6) is 0 Å². The smallest absolute Gasteiger partial charge is 0.329 e. The number of nitrogens with zero attached hydrogens (tertiary/aromatic N) is 3. The second-order valence-corrected chi connectivity index (χ2v) is 7.81. The topological polar surface area (TPSA) is 100 Å². The highest BCUT2D eigenvalue weighted by Gasteiger charge is 2.21. The highest BCUT2D eigenvalue weighted by atomic mass is 16.2. The fraction of sp³-hybridized carbons (Fsp3) is 0.600. The molecule has 0 spiro atoms. The zero-order valence-corrected chi connectivity index (χ0v) is 16.8. The summed E-state index contributed by atoms with van der Waals surface area (Å²) in [5.74, 6) is 0.419. The van der Waals surface area contributed by atoms with Gasteiger partial charge in [0.1, 0.15) is 5.65 Å². The van der Waals surface area contributed by atoms with Gasteiger partial charge in [0.25, 0.3) is 11.5 Å². The zero-order valence-electron chi connectivity index (χ0n) is 16.8. The lowest BCUT2D eigenvalue weighted by atomic mass is 9.99. The number of piperidine rings is 1. The number of nitrogens with one attached hydrogen (secondary N) is 2. The molecule has 2 atom stereocenters. The molecular weight excluding hydrogens is 358 g/mol. The van der Waals surface area contributed by atoms with Gasteiger partial charge in [0.2, 0.25) is 0 Å². The minimum Gasteiger partial charge on any atom is -0.350 e. The second kappa shape index (κ2) is 8.68. The van der Waals surface area contributed by atoms with Gasteiger partial charge in [-0.15, -0.1) is 0 Å². The number of pyridine rings is 1. The Hall–Kier alpha value is -2.48. The van der Waals surface area contributed by atoms with Gasteiger partial charge in [-0.05, 0) is 44.7 Å². The fourth-order valence-corrected chi connectivity index (χ4v) is 3.82. The number of aromatic nitrogens is 3. The average molecular weight is 387 g/mol. The number of likely N-dealkylation sites (tertiary alicyclic amines) is 1. The molecule has 0 bridgehead atoms. The van der Waals surface area contributed by atoms with Crippen LogP contribution in [0.25, 0.3) is 11.0 Å². The Morgan fingerprint density at radius 1 is 1.43 bits per heavy atom. The Labute approximate surface area is 164 Å². The van der Waals surface area contributed by atoms with Gasteiger partial charge < -0.3 is 5.32 Å². The Kier molecular flexibility index (Phi) is 6.28. The Morgan fingerprint density at radius 3 is 2.93 bits per heavy atom. The number of hydrogen-bond acceptors (Lipinski definition) is 5. The quantitative estimate of drug-likeness (QED) is 0.779. The number of fused-ring (bicyclic) bond motifs is 1.